The summed E-state index contributed by atoms with van der Waals surface area (Å²) >= 11 is 1.64. The van der Waals surface area contributed by atoms with Crippen LogP contribution in [0.2, 0.25) is 0 Å². The Kier molecular flexibility index (Phi) is 5.55. The van der Waals surface area contributed by atoms with Crippen molar-refractivity contribution in [2.75, 3.05) is 13.2 Å². The van der Waals surface area contributed by atoms with Crippen LogP contribution in [0.15, 0.2) is 53.9 Å². The maximum absolute atomic E-state index is 5.95. The molecule has 0 bridgehead atoms. The van der Waals surface area contributed by atoms with E-state index in [0.29, 0.717) is 13.2 Å². The van der Waals surface area contributed by atoms with Gasteiger partial charge in [-0.1, -0.05) is 24.3 Å². The van der Waals surface area contributed by atoms with Gasteiger partial charge in [0.1, 0.15) is 25.1 Å². The molecular formula is C21H22N2O3S. The zero-order chi connectivity index (χ0) is 18.5. The average molecular weight is 382 g/mol. The Morgan fingerprint density at radius 3 is 2.74 bits per heavy atom. The molecule has 0 amide bonds. The van der Waals surface area contributed by atoms with Crippen molar-refractivity contribution in [3.05, 3.63) is 70.2 Å². The Labute approximate surface area is 162 Å². The molecule has 0 aliphatic carbocycles. The highest BCUT2D eigenvalue weighted by molar-refractivity contribution is 7.09. The van der Waals surface area contributed by atoms with Gasteiger partial charge in [0.15, 0.2) is 11.5 Å². The molecule has 0 unspecified atom stereocenters. The maximum atomic E-state index is 5.95. The minimum Gasteiger partial charge on any atom is -0.487 e. The van der Waals surface area contributed by atoms with E-state index in [9.17, 15) is 0 Å². The molecule has 0 saturated carbocycles. The van der Waals surface area contributed by atoms with Crippen molar-refractivity contribution in [2.45, 2.75) is 26.2 Å². The first kappa shape index (κ1) is 17.8. The van der Waals surface area contributed by atoms with Gasteiger partial charge in [-0.2, -0.15) is 0 Å². The number of hydrogen-bond acceptors (Lipinski definition) is 6. The molecule has 2 aromatic carbocycles. The van der Waals surface area contributed by atoms with Gasteiger partial charge in [-0.05, 0) is 36.8 Å². The largest absolute Gasteiger partial charge is 0.487 e. The normalized spacial score (nSPS) is 15.5. The second-order valence-corrected chi connectivity index (χ2v) is 7.48. The summed E-state index contributed by atoms with van der Waals surface area (Å²) in [6, 6.07) is 15.9. The van der Waals surface area contributed by atoms with E-state index < -0.39 is 0 Å². The van der Waals surface area contributed by atoms with Crippen LogP contribution in [-0.4, -0.2) is 24.2 Å². The fourth-order valence-electron chi connectivity index (χ4n) is 2.88. The third kappa shape index (κ3) is 4.78. The van der Waals surface area contributed by atoms with E-state index in [0.717, 1.165) is 41.0 Å². The third-order valence-corrected chi connectivity index (χ3v) is 5.07. The molecule has 2 heterocycles. The predicted molar refractivity (Wildman–Crippen MR) is 106 cm³/mol. The van der Waals surface area contributed by atoms with Gasteiger partial charge in [0.2, 0.25) is 0 Å². The van der Waals surface area contributed by atoms with Crippen LogP contribution in [0.5, 0.6) is 17.2 Å². The first-order chi connectivity index (χ1) is 13.3. The lowest BCUT2D eigenvalue weighted by molar-refractivity contribution is 0.0902. The van der Waals surface area contributed by atoms with Gasteiger partial charge in [-0.25, -0.2) is 4.98 Å². The molecule has 1 aliphatic rings. The molecule has 27 heavy (non-hydrogen) atoms. The number of nitrogens with one attached hydrogen (secondary N) is 1. The standard InChI is InChI=1S/C21H22N2O3S/c1-15-23-17(14-27-15)12-24-18-8-6-16(7-9-18)10-22-11-19-13-25-20-4-2-3-5-21(20)26-19/h2-9,14,19,22H,10-13H2,1H3/t19-/m0/s1. The van der Waals surface area contributed by atoms with E-state index in [1.807, 2.05) is 48.7 Å². The highest BCUT2D eigenvalue weighted by Gasteiger charge is 2.19. The number of nitrogens with zero attached hydrogens (tertiary/aromatic N) is 1. The molecule has 1 aromatic heterocycles. The Bertz CT molecular complexity index is 879. The molecule has 3 aromatic rings. The third-order valence-electron chi connectivity index (χ3n) is 4.25. The molecule has 6 heteroatoms. The van der Waals surface area contributed by atoms with Gasteiger partial charge in [0, 0.05) is 18.5 Å². The average Bonchev–Trinajstić information content (AvgIpc) is 3.12. The summed E-state index contributed by atoms with van der Waals surface area (Å²) in [5, 5.41) is 6.52. The number of fused-ring (bicyclic) bond motifs is 1. The quantitative estimate of drug-likeness (QED) is 0.670. The minimum atomic E-state index is 0.0177. The van der Waals surface area contributed by atoms with Crippen molar-refractivity contribution in [2.24, 2.45) is 0 Å². The summed E-state index contributed by atoms with van der Waals surface area (Å²) in [4.78, 5) is 4.40. The highest BCUT2D eigenvalue weighted by Crippen LogP contribution is 2.30. The summed E-state index contributed by atoms with van der Waals surface area (Å²) in [5.41, 5.74) is 2.17. The van der Waals surface area contributed by atoms with Crippen LogP contribution >= 0.6 is 11.3 Å². The molecule has 5 nitrogen and oxygen atoms in total. The van der Waals surface area contributed by atoms with E-state index in [1.165, 1.54) is 5.56 Å². The van der Waals surface area contributed by atoms with Crippen molar-refractivity contribution < 1.29 is 14.2 Å². The van der Waals surface area contributed by atoms with E-state index >= 15 is 0 Å². The van der Waals surface area contributed by atoms with Gasteiger partial charge in [-0.3, -0.25) is 0 Å². The number of ether oxygens (including phenoxy) is 3. The number of hydrogen-bond donors (Lipinski definition) is 1. The second kappa shape index (κ2) is 8.41. The smallest absolute Gasteiger partial charge is 0.161 e. The van der Waals surface area contributed by atoms with Gasteiger partial charge in [-0.15, -0.1) is 11.3 Å². The summed E-state index contributed by atoms with van der Waals surface area (Å²) in [7, 11) is 0. The molecule has 4 rings (SSSR count). The number of thiazole rings is 1. The van der Waals surface area contributed by atoms with Gasteiger partial charge >= 0.3 is 0 Å². The topological polar surface area (TPSA) is 52.6 Å². The van der Waals surface area contributed by atoms with Crippen molar-refractivity contribution in [1.82, 2.24) is 10.3 Å². The molecule has 140 valence electrons. The molecule has 1 atom stereocenters. The highest BCUT2D eigenvalue weighted by atomic mass is 32.1. The van der Waals surface area contributed by atoms with Crippen molar-refractivity contribution in [3.63, 3.8) is 0 Å². The number of aromatic nitrogens is 1. The lowest BCUT2D eigenvalue weighted by atomic mass is 10.2. The summed E-state index contributed by atoms with van der Waals surface area (Å²) in [5.74, 6) is 2.48. The first-order valence-electron chi connectivity index (χ1n) is 8.98. The summed E-state index contributed by atoms with van der Waals surface area (Å²) < 4.78 is 17.5. The van der Waals surface area contributed by atoms with E-state index in [4.69, 9.17) is 14.2 Å². The number of para-hydroxylation sites is 2. The number of aryl methyl sites for hydroxylation is 1. The van der Waals surface area contributed by atoms with E-state index in [-0.39, 0.29) is 6.10 Å². The maximum Gasteiger partial charge on any atom is 0.161 e. The number of benzene rings is 2. The number of rotatable bonds is 7. The van der Waals surface area contributed by atoms with Crippen LogP contribution < -0.4 is 19.5 Å². The first-order valence-corrected chi connectivity index (χ1v) is 9.86. The summed E-state index contributed by atoms with van der Waals surface area (Å²) in [6.07, 6.45) is 0.0177. The van der Waals surface area contributed by atoms with Crippen molar-refractivity contribution >= 4 is 11.3 Å². The van der Waals surface area contributed by atoms with Gasteiger partial charge in [0.05, 0.1) is 10.7 Å². The van der Waals surface area contributed by atoms with E-state index in [1.54, 1.807) is 11.3 Å². The van der Waals surface area contributed by atoms with E-state index in [2.05, 4.69) is 22.4 Å². The van der Waals surface area contributed by atoms with Crippen molar-refractivity contribution in [3.8, 4) is 17.2 Å². The van der Waals surface area contributed by atoms with Gasteiger partial charge < -0.3 is 19.5 Å². The van der Waals surface area contributed by atoms with Crippen LogP contribution in [0.25, 0.3) is 0 Å². The predicted octanol–water partition coefficient (Wildman–Crippen LogP) is 3.96. The second-order valence-electron chi connectivity index (χ2n) is 6.42. The van der Waals surface area contributed by atoms with Crippen LogP contribution in [0.4, 0.5) is 0 Å². The zero-order valence-corrected chi connectivity index (χ0v) is 16.0. The molecule has 0 spiro atoms. The molecule has 0 radical (unpaired) electrons. The molecule has 0 fully saturated rings. The molecule has 0 saturated heterocycles. The Hall–Kier alpha value is -2.57. The Balaban J connectivity index is 1.21. The molecule has 1 N–H and O–H groups in total. The monoisotopic (exact) mass is 382 g/mol. The summed E-state index contributed by atoms with van der Waals surface area (Å²) in [6.45, 7) is 4.57. The SMILES string of the molecule is Cc1nc(COc2ccc(CNC[C@H]3COc4ccccc4O3)cc2)cs1. The molecular weight excluding hydrogens is 360 g/mol. The fourth-order valence-corrected chi connectivity index (χ4v) is 3.47. The van der Waals surface area contributed by atoms with Crippen LogP contribution in [0.1, 0.15) is 16.3 Å². The van der Waals surface area contributed by atoms with Crippen LogP contribution in [0, 0.1) is 6.92 Å². The minimum absolute atomic E-state index is 0.0177. The van der Waals surface area contributed by atoms with Crippen molar-refractivity contribution in [1.29, 1.82) is 0 Å². The molecule has 1 aliphatic heterocycles. The van der Waals surface area contributed by atoms with Crippen LogP contribution in [-0.2, 0) is 13.2 Å². The fraction of sp³-hybridized carbons (Fsp3) is 0.286. The lowest BCUT2D eigenvalue weighted by Crippen LogP contribution is -2.38. The zero-order valence-electron chi connectivity index (χ0n) is 15.2. The van der Waals surface area contributed by atoms with Gasteiger partial charge in [0.25, 0.3) is 0 Å². The van der Waals surface area contributed by atoms with Crippen LogP contribution in [0.3, 0.4) is 0 Å². The lowest BCUT2D eigenvalue weighted by Gasteiger charge is -2.26. The Morgan fingerprint density at radius 2 is 1.96 bits per heavy atom. The Morgan fingerprint density at radius 1 is 1.15 bits per heavy atom.